The molecule has 0 heterocycles. The van der Waals surface area contributed by atoms with Gasteiger partial charge in [-0.25, -0.2) is 0 Å². The predicted molar refractivity (Wildman–Crippen MR) is 84.4 cm³/mol. The molecule has 0 fully saturated rings. The third-order valence-electron chi connectivity index (χ3n) is 3.57. The van der Waals surface area contributed by atoms with Crippen molar-refractivity contribution < 1.29 is 14.3 Å². The highest BCUT2D eigenvalue weighted by molar-refractivity contribution is 5.77. The SMILES string of the molecule is CCN(CC)CCOCCOC(=O)[C@@H](C)c1ccccc1. The van der Waals surface area contributed by atoms with Crippen LogP contribution in [0.25, 0.3) is 0 Å². The molecule has 0 unspecified atom stereocenters. The van der Waals surface area contributed by atoms with E-state index in [0.29, 0.717) is 19.8 Å². The third-order valence-corrected chi connectivity index (χ3v) is 3.57. The molecule has 1 aromatic carbocycles. The van der Waals surface area contributed by atoms with Gasteiger partial charge < -0.3 is 14.4 Å². The first kappa shape index (κ1) is 17.7. The molecule has 4 nitrogen and oxygen atoms in total. The monoisotopic (exact) mass is 293 g/mol. The molecule has 0 N–H and O–H groups in total. The zero-order valence-electron chi connectivity index (χ0n) is 13.4. The van der Waals surface area contributed by atoms with E-state index in [0.717, 1.165) is 25.2 Å². The summed E-state index contributed by atoms with van der Waals surface area (Å²) in [5.41, 5.74) is 0.977. The van der Waals surface area contributed by atoms with Crippen LogP contribution in [0.15, 0.2) is 30.3 Å². The highest BCUT2D eigenvalue weighted by Crippen LogP contribution is 2.15. The lowest BCUT2D eigenvalue weighted by molar-refractivity contribution is -0.146. The number of ether oxygens (including phenoxy) is 2. The van der Waals surface area contributed by atoms with Crippen LogP contribution >= 0.6 is 0 Å². The van der Waals surface area contributed by atoms with Gasteiger partial charge in [0, 0.05) is 6.54 Å². The number of esters is 1. The minimum absolute atomic E-state index is 0.200. The largest absolute Gasteiger partial charge is 0.463 e. The van der Waals surface area contributed by atoms with Crippen LogP contribution in [0.3, 0.4) is 0 Å². The van der Waals surface area contributed by atoms with E-state index in [9.17, 15) is 4.79 Å². The van der Waals surface area contributed by atoms with E-state index in [4.69, 9.17) is 9.47 Å². The van der Waals surface area contributed by atoms with Crippen molar-refractivity contribution in [2.45, 2.75) is 26.7 Å². The molecule has 0 saturated carbocycles. The van der Waals surface area contributed by atoms with Gasteiger partial charge in [0.2, 0.25) is 0 Å². The zero-order valence-corrected chi connectivity index (χ0v) is 13.4. The first-order chi connectivity index (χ1) is 10.2. The van der Waals surface area contributed by atoms with E-state index in [1.165, 1.54) is 0 Å². The quantitative estimate of drug-likeness (QED) is 0.491. The number of carbonyl (C=O) groups excluding carboxylic acids is 1. The van der Waals surface area contributed by atoms with Crippen molar-refractivity contribution in [1.29, 1.82) is 0 Å². The fourth-order valence-electron chi connectivity index (χ4n) is 2.04. The molecule has 0 radical (unpaired) electrons. The first-order valence-corrected chi connectivity index (χ1v) is 7.70. The van der Waals surface area contributed by atoms with Crippen LogP contribution in [0.5, 0.6) is 0 Å². The average Bonchev–Trinajstić information content (AvgIpc) is 2.54. The standard InChI is InChI=1S/C17H27NO3/c1-4-18(5-2)11-12-20-13-14-21-17(19)15(3)16-9-7-6-8-10-16/h6-10,15H,4-5,11-14H2,1-3H3/t15-/m0/s1. The number of rotatable bonds is 10. The van der Waals surface area contributed by atoms with Crippen molar-refractivity contribution in [3.05, 3.63) is 35.9 Å². The van der Waals surface area contributed by atoms with Crippen molar-refractivity contribution >= 4 is 5.97 Å². The summed E-state index contributed by atoms with van der Waals surface area (Å²) < 4.78 is 10.7. The van der Waals surface area contributed by atoms with Gasteiger partial charge in [-0.1, -0.05) is 44.2 Å². The molecule has 1 atom stereocenters. The van der Waals surface area contributed by atoms with Crippen LogP contribution in [0.2, 0.25) is 0 Å². The van der Waals surface area contributed by atoms with E-state index in [-0.39, 0.29) is 11.9 Å². The summed E-state index contributed by atoms with van der Waals surface area (Å²) in [7, 11) is 0. The number of hydrogen-bond donors (Lipinski definition) is 0. The average molecular weight is 293 g/mol. The maximum absolute atomic E-state index is 11.9. The molecule has 118 valence electrons. The molecule has 4 heteroatoms. The number of likely N-dealkylation sites (N-methyl/N-ethyl adjacent to an activating group) is 1. The fourth-order valence-corrected chi connectivity index (χ4v) is 2.04. The van der Waals surface area contributed by atoms with Crippen molar-refractivity contribution in [1.82, 2.24) is 4.90 Å². The molecule has 21 heavy (non-hydrogen) atoms. The van der Waals surface area contributed by atoms with Gasteiger partial charge >= 0.3 is 5.97 Å². The Labute approximate surface area is 128 Å². The summed E-state index contributed by atoms with van der Waals surface area (Å²) in [5, 5.41) is 0. The lowest BCUT2D eigenvalue weighted by Gasteiger charge is -2.17. The second kappa shape index (κ2) is 10.4. The smallest absolute Gasteiger partial charge is 0.313 e. The normalized spacial score (nSPS) is 12.4. The molecule has 0 spiro atoms. The molecular formula is C17H27NO3. The number of hydrogen-bond acceptors (Lipinski definition) is 4. The van der Waals surface area contributed by atoms with Gasteiger partial charge in [-0.15, -0.1) is 0 Å². The van der Waals surface area contributed by atoms with E-state index in [2.05, 4.69) is 18.7 Å². The predicted octanol–water partition coefficient (Wildman–Crippen LogP) is 2.69. The van der Waals surface area contributed by atoms with Crippen LogP contribution in [0.1, 0.15) is 32.3 Å². The lowest BCUT2D eigenvalue weighted by Crippen LogP contribution is -2.27. The minimum atomic E-state index is -0.234. The van der Waals surface area contributed by atoms with E-state index in [1.807, 2.05) is 37.3 Å². The Kier molecular flexibility index (Phi) is 8.71. The van der Waals surface area contributed by atoms with Gasteiger partial charge in [0.15, 0.2) is 0 Å². The Morgan fingerprint density at radius 2 is 1.76 bits per heavy atom. The molecule has 0 aliphatic heterocycles. The Hall–Kier alpha value is -1.39. The summed E-state index contributed by atoms with van der Waals surface area (Å²) >= 11 is 0. The van der Waals surface area contributed by atoms with E-state index >= 15 is 0 Å². The molecule has 0 aliphatic carbocycles. The highest BCUT2D eigenvalue weighted by Gasteiger charge is 2.15. The summed E-state index contributed by atoms with van der Waals surface area (Å²) in [6, 6.07) is 9.66. The van der Waals surface area contributed by atoms with E-state index < -0.39 is 0 Å². The van der Waals surface area contributed by atoms with Gasteiger partial charge in [0.25, 0.3) is 0 Å². The fraction of sp³-hybridized carbons (Fsp3) is 0.588. The molecule has 0 aromatic heterocycles. The van der Waals surface area contributed by atoms with Crippen molar-refractivity contribution in [3.63, 3.8) is 0 Å². The van der Waals surface area contributed by atoms with Crippen LogP contribution < -0.4 is 0 Å². The van der Waals surface area contributed by atoms with Crippen LogP contribution in [-0.4, -0.2) is 50.3 Å². The maximum Gasteiger partial charge on any atom is 0.313 e. The molecule has 0 saturated heterocycles. The summed E-state index contributed by atoms with van der Waals surface area (Å²) in [4.78, 5) is 14.2. The summed E-state index contributed by atoms with van der Waals surface area (Å²) in [6.45, 7) is 10.6. The van der Waals surface area contributed by atoms with Gasteiger partial charge in [-0.3, -0.25) is 4.79 Å². The summed E-state index contributed by atoms with van der Waals surface area (Å²) in [6.07, 6.45) is 0. The summed E-state index contributed by atoms with van der Waals surface area (Å²) in [5.74, 6) is -0.435. The number of carbonyl (C=O) groups is 1. The Morgan fingerprint density at radius 3 is 2.38 bits per heavy atom. The molecule has 0 bridgehead atoms. The van der Waals surface area contributed by atoms with Gasteiger partial charge in [-0.05, 0) is 25.6 Å². The maximum atomic E-state index is 11.9. The Bertz CT molecular complexity index is 390. The first-order valence-electron chi connectivity index (χ1n) is 7.70. The van der Waals surface area contributed by atoms with Crippen LogP contribution in [-0.2, 0) is 14.3 Å². The minimum Gasteiger partial charge on any atom is -0.463 e. The Balaban J connectivity index is 2.14. The van der Waals surface area contributed by atoms with Gasteiger partial charge in [0.1, 0.15) is 6.61 Å². The molecule has 1 rings (SSSR count). The highest BCUT2D eigenvalue weighted by atomic mass is 16.6. The third kappa shape index (κ3) is 6.74. The van der Waals surface area contributed by atoms with Crippen molar-refractivity contribution in [2.75, 3.05) is 39.5 Å². The molecule has 0 aliphatic rings. The lowest BCUT2D eigenvalue weighted by atomic mass is 10.0. The van der Waals surface area contributed by atoms with E-state index in [1.54, 1.807) is 0 Å². The molecule has 1 aromatic rings. The van der Waals surface area contributed by atoms with Crippen LogP contribution in [0, 0.1) is 0 Å². The van der Waals surface area contributed by atoms with Gasteiger partial charge in [-0.2, -0.15) is 0 Å². The topological polar surface area (TPSA) is 38.8 Å². The van der Waals surface area contributed by atoms with Crippen molar-refractivity contribution in [3.8, 4) is 0 Å². The number of benzene rings is 1. The van der Waals surface area contributed by atoms with Gasteiger partial charge in [0.05, 0.1) is 19.1 Å². The van der Waals surface area contributed by atoms with Crippen LogP contribution in [0.4, 0.5) is 0 Å². The Morgan fingerprint density at radius 1 is 1.10 bits per heavy atom. The van der Waals surface area contributed by atoms with Crippen molar-refractivity contribution in [2.24, 2.45) is 0 Å². The molecular weight excluding hydrogens is 266 g/mol. The zero-order chi connectivity index (χ0) is 15.5. The second-order valence-electron chi connectivity index (χ2n) is 4.94. The second-order valence-corrected chi connectivity index (χ2v) is 4.94. The number of nitrogens with zero attached hydrogens (tertiary/aromatic N) is 1. The molecule has 0 amide bonds.